The van der Waals surface area contributed by atoms with Crippen LogP contribution in [-0.4, -0.2) is 16.5 Å². The van der Waals surface area contributed by atoms with E-state index in [-0.39, 0.29) is 5.41 Å². The van der Waals surface area contributed by atoms with Crippen LogP contribution in [0, 0.1) is 5.41 Å². The predicted molar refractivity (Wildman–Crippen MR) is 65.5 cm³/mol. The van der Waals surface area contributed by atoms with Crippen LogP contribution in [0.25, 0.3) is 0 Å². The van der Waals surface area contributed by atoms with Gasteiger partial charge in [-0.3, -0.25) is 0 Å². The average Bonchev–Trinajstić information content (AvgIpc) is 3.06. The second-order valence-corrected chi connectivity index (χ2v) is 5.64. The first kappa shape index (κ1) is 13.1. The lowest BCUT2D eigenvalue weighted by Gasteiger charge is -2.11. The molecule has 2 rings (SSSR count). The van der Waals surface area contributed by atoms with Crippen LogP contribution >= 0.6 is 24.4 Å². The Morgan fingerprint density at radius 2 is 2.06 bits per heavy atom. The monoisotopic (exact) mass is 279 g/mol. The van der Waals surface area contributed by atoms with Crippen LogP contribution < -0.4 is 0 Å². The van der Waals surface area contributed by atoms with E-state index in [9.17, 15) is 13.2 Å². The molecular formula is C11H12F3NS2. The molecule has 0 aromatic carbocycles. The van der Waals surface area contributed by atoms with Crippen LogP contribution in [0.15, 0.2) is 23.4 Å². The third-order valence-corrected chi connectivity index (χ3v) is 4.85. The summed E-state index contributed by atoms with van der Waals surface area (Å²) < 4.78 is 36.9. The predicted octanol–water partition coefficient (Wildman–Crippen LogP) is 3.90. The van der Waals surface area contributed by atoms with Crippen molar-refractivity contribution < 1.29 is 13.2 Å². The molecule has 0 N–H and O–H groups in total. The first-order valence-electron chi connectivity index (χ1n) is 5.22. The molecule has 6 heteroatoms. The highest BCUT2D eigenvalue weighted by Crippen LogP contribution is 2.49. The Bertz CT molecular complexity index is 385. The number of halogens is 3. The van der Waals surface area contributed by atoms with Crippen molar-refractivity contribution in [1.82, 2.24) is 4.98 Å². The number of hydrogen-bond acceptors (Lipinski definition) is 3. The normalized spacial score (nSPS) is 18.1. The molecule has 0 aliphatic heterocycles. The van der Waals surface area contributed by atoms with Gasteiger partial charge in [-0.1, -0.05) is 0 Å². The fourth-order valence-electron chi connectivity index (χ4n) is 1.39. The molecule has 1 fully saturated rings. The van der Waals surface area contributed by atoms with Gasteiger partial charge in [0.05, 0.1) is 10.6 Å². The zero-order valence-electron chi connectivity index (χ0n) is 9.00. The number of nitrogens with zero attached hydrogens (tertiary/aromatic N) is 1. The van der Waals surface area contributed by atoms with E-state index in [0.717, 1.165) is 36.6 Å². The fourth-order valence-corrected chi connectivity index (χ4v) is 3.10. The Hall–Kier alpha value is -0.360. The molecular weight excluding hydrogens is 267 g/mol. The van der Waals surface area contributed by atoms with E-state index in [1.54, 1.807) is 0 Å². The van der Waals surface area contributed by atoms with E-state index in [1.807, 2.05) is 0 Å². The second kappa shape index (κ2) is 4.72. The van der Waals surface area contributed by atoms with Gasteiger partial charge in [0.15, 0.2) is 0 Å². The van der Waals surface area contributed by atoms with Gasteiger partial charge in [-0.25, -0.2) is 4.98 Å². The smallest absolute Gasteiger partial charge is 0.249 e. The number of hydrogen-bond donors (Lipinski definition) is 1. The molecule has 1 heterocycles. The SMILES string of the molecule is FC(F)(F)c1ccc(SCC2(CS)CC2)nc1. The average molecular weight is 279 g/mol. The summed E-state index contributed by atoms with van der Waals surface area (Å²) in [5, 5.41) is 0.644. The fraction of sp³-hybridized carbons (Fsp3) is 0.545. The van der Waals surface area contributed by atoms with E-state index >= 15 is 0 Å². The van der Waals surface area contributed by atoms with Gasteiger partial charge in [0, 0.05) is 11.9 Å². The minimum atomic E-state index is -4.31. The minimum Gasteiger partial charge on any atom is -0.249 e. The number of rotatable bonds is 4. The van der Waals surface area contributed by atoms with Crippen molar-refractivity contribution in [2.75, 3.05) is 11.5 Å². The van der Waals surface area contributed by atoms with Gasteiger partial charge in [0.25, 0.3) is 0 Å². The van der Waals surface area contributed by atoms with Crippen molar-refractivity contribution >= 4 is 24.4 Å². The van der Waals surface area contributed by atoms with Gasteiger partial charge < -0.3 is 0 Å². The molecule has 1 nitrogen and oxygen atoms in total. The maximum Gasteiger partial charge on any atom is 0.417 e. The maximum absolute atomic E-state index is 12.3. The van der Waals surface area contributed by atoms with Crippen LogP contribution in [-0.2, 0) is 6.18 Å². The van der Waals surface area contributed by atoms with Crippen LogP contribution in [0.3, 0.4) is 0 Å². The van der Waals surface area contributed by atoms with Gasteiger partial charge in [0.2, 0.25) is 0 Å². The topological polar surface area (TPSA) is 12.9 Å². The molecule has 0 spiro atoms. The molecule has 94 valence electrons. The van der Waals surface area contributed by atoms with Gasteiger partial charge in [-0.05, 0) is 36.1 Å². The molecule has 1 aromatic rings. The third-order valence-electron chi connectivity index (χ3n) is 2.88. The summed E-state index contributed by atoms with van der Waals surface area (Å²) >= 11 is 5.79. The zero-order chi connectivity index (χ0) is 12.5. The highest BCUT2D eigenvalue weighted by Gasteiger charge is 2.41. The molecule has 0 atom stereocenters. The van der Waals surface area contributed by atoms with Crippen LogP contribution in [0.4, 0.5) is 13.2 Å². The Balaban J connectivity index is 1.94. The van der Waals surface area contributed by atoms with Gasteiger partial charge >= 0.3 is 6.18 Å². The molecule has 17 heavy (non-hydrogen) atoms. The summed E-state index contributed by atoms with van der Waals surface area (Å²) in [7, 11) is 0. The van der Waals surface area contributed by atoms with Crippen molar-refractivity contribution in [2.24, 2.45) is 5.41 Å². The molecule has 0 saturated heterocycles. The Morgan fingerprint density at radius 1 is 1.35 bits per heavy atom. The van der Waals surface area contributed by atoms with Gasteiger partial charge in [-0.15, -0.1) is 11.8 Å². The van der Waals surface area contributed by atoms with Gasteiger partial charge in [0.1, 0.15) is 0 Å². The van der Waals surface area contributed by atoms with E-state index in [4.69, 9.17) is 0 Å². The summed E-state index contributed by atoms with van der Waals surface area (Å²) in [6.07, 6.45) is -1.10. The third kappa shape index (κ3) is 3.31. The van der Waals surface area contributed by atoms with Crippen LogP contribution in [0.1, 0.15) is 18.4 Å². The molecule has 0 radical (unpaired) electrons. The summed E-state index contributed by atoms with van der Waals surface area (Å²) in [5.74, 6) is 1.72. The van der Waals surface area contributed by atoms with E-state index in [2.05, 4.69) is 17.6 Å². The zero-order valence-corrected chi connectivity index (χ0v) is 10.7. The highest BCUT2D eigenvalue weighted by molar-refractivity contribution is 7.99. The van der Waals surface area contributed by atoms with Crippen molar-refractivity contribution in [3.63, 3.8) is 0 Å². The second-order valence-electron chi connectivity index (χ2n) is 4.33. The maximum atomic E-state index is 12.3. The van der Waals surface area contributed by atoms with Crippen LogP contribution in [0.5, 0.6) is 0 Å². The quantitative estimate of drug-likeness (QED) is 0.663. The molecule has 1 saturated carbocycles. The largest absolute Gasteiger partial charge is 0.417 e. The first-order chi connectivity index (χ1) is 7.95. The van der Waals surface area contributed by atoms with Crippen molar-refractivity contribution in [3.05, 3.63) is 23.9 Å². The summed E-state index contributed by atoms with van der Waals surface area (Å²) in [5.41, 5.74) is -0.407. The number of alkyl halides is 3. The van der Waals surface area contributed by atoms with Crippen molar-refractivity contribution in [2.45, 2.75) is 24.0 Å². The minimum absolute atomic E-state index is 0.290. The number of aromatic nitrogens is 1. The molecule has 1 aromatic heterocycles. The molecule has 0 unspecified atom stereocenters. The summed E-state index contributed by atoms with van der Waals surface area (Å²) in [6, 6.07) is 2.51. The molecule has 0 amide bonds. The lowest BCUT2D eigenvalue weighted by Crippen LogP contribution is -2.07. The Morgan fingerprint density at radius 3 is 2.47 bits per heavy atom. The summed E-state index contributed by atoms with van der Waals surface area (Å²) in [6.45, 7) is 0. The molecule has 0 bridgehead atoms. The number of thiol groups is 1. The Labute approximate surface area is 108 Å². The Kier molecular flexibility index (Phi) is 3.63. The van der Waals surface area contributed by atoms with E-state index in [1.165, 1.54) is 17.8 Å². The van der Waals surface area contributed by atoms with Gasteiger partial charge in [-0.2, -0.15) is 25.8 Å². The number of pyridine rings is 1. The van der Waals surface area contributed by atoms with Crippen LogP contribution in [0.2, 0.25) is 0 Å². The lowest BCUT2D eigenvalue weighted by molar-refractivity contribution is -0.137. The van der Waals surface area contributed by atoms with E-state index in [0.29, 0.717) is 5.03 Å². The molecule has 1 aliphatic carbocycles. The lowest BCUT2D eigenvalue weighted by atomic mass is 10.2. The highest BCUT2D eigenvalue weighted by atomic mass is 32.2. The summed E-state index contributed by atoms with van der Waals surface area (Å²) in [4.78, 5) is 3.83. The molecule has 1 aliphatic rings. The first-order valence-corrected chi connectivity index (χ1v) is 6.84. The number of thioether (sulfide) groups is 1. The van der Waals surface area contributed by atoms with Crippen molar-refractivity contribution in [3.8, 4) is 0 Å². The van der Waals surface area contributed by atoms with Crippen molar-refractivity contribution in [1.29, 1.82) is 0 Å². The standard InChI is InChI=1S/C11H12F3NS2/c12-11(13,14)8-1-2-9(15-5-8)17-7-10(6-16)3-4-10/h1-2,5,16H,3-4,6-7H2. The van der Waals surface area contributed by atoms with E-state index < -0.39 is 11.7 Å².